The molecule has 0 aliphatic rings. The Labute approximate surface area is 132 Å². The third-order valence-corrected chi connectivity index (χ3v) is 3.42. The Morgan fingerprint density at radius 3 is 2.57 bits per heavy atom. The Morgan fingerprint density at radius 2 is 1.90 bits per heavy atom. The predicted octanol–water partition coefficient (Wildman–Crippen LogP) is 3.49. The maximum atomic E-state index is 11.9. The number of hydrogen-bond acceptors (Lipinski definition) is 3. The van der Waals surface area contributed by atoms with Crippen molar-refractivity contribution in [3.8, 4) is 5.75 Å². The molecule has 0 aromatic heterocycles. The number of amides is 1. The van der Waals surface area contributed by atoms with Crippen molar-refractivity contribution in [2.24, 2.45) is 5.73 Å². The molecule has 0 spiro atoms. The Hall–Kier alpha value is -1.85. The molecule has 0 saturated carbocycles. The first kappa shape index (κ1) is 15.5. The second-order valence-corrected chi connectivity index (χ2v) is 5.59. The lowest BCUT2D eigenvalue weighted by Crippen LogP contribution is -2.21. The van der Waals surface area contributed by atoms with Crippen molar-refractivity contribution in [2.45, 2.75) is 13.0 Å². The third-order valence-electron chi connectivity index (χ3n) is 2.90. The third kappa shape index (κ3) is 4.58. The number of nitrogens with two attached hydrogens (primary N) is 1. The minimum atomic E-state index is -0.211. The number of rotatable bonds is 5. The molecular weight excluding hydrogens is 332 g/mol. The zero-order valence-corrected chi connectivity index (χ0v) is 13.3. The van der Waals surface area contributed by atoms with Crippen LogP contribution in [0.3, 0.4) is 0 Å². The minimum absolute atomic E-state index is 0.0558. The lowest BCUT2D eigenvalue weighted by Gasteiger charge is -2.13. The van der Waals surface area contributed by atoms with E-state index in [1.54, 1.807) is 0 Å². The smallest absolute Gasteiger partial charge is 0.262 e. The fourth-order valence-electron chi connectivity index (χ4n) is 1.86. The van der Waals surface area contributed by atoms with Gasteiger partial charge in [-0.3, -0.25) is 4.79 Å². The summed E-state index contributed by atoms with van der Waals surface area (Å²) in [5, 5.41) is 2.77. The van der Waals surface area contributed by atoms with Crippen LogP contribution < -0.4 is 15.8 Å². The molecule has 0 heterocycles. The molecule has 5 heteroatoms. The molecule has 0 bridgehead atoms. The Morgan fingerprint density at radius 1 is 1.24 bits per heavy atom. The summed E-state index contributed by atoms with van der Waals surface area (Å²) in [6.45, 7) is 1.82. The van der Waals surface area contributed by atoms with Gasteiger partial charge >= 0.3 is 0 Å². The summed E-state index contributed by atoms with van der Waals surface area (Å²) >= 11 is 3.35. The Kier molecular flexibility index (Phi) is 5.36. The monoisotopic (exact) mass is 348 g/mol. The van der Waals surface area contributed by atoms with E-state index in [0.717, 1.165) is 15.7 Å². The molecule has 2 rings (SSSR count). The summed E-state index contributed by atoms with van der Waals surface area (Å²) < 4.78 is 6.52. The van der Waals surface area contributed by atoms with Crippen LogP contribution in [0.1, 0.15) is 18.5 Å². The first-order valence-corrected chi connectivity index (χ1v) is 7.38. The molecule has 0 saturated heterocycles. The average Bonchev–Trinajstić information content (AvgIpc) is 2.48. The Balaban J connectivity index is 1.94. The van der Waals surface area contributed by atoms with Crippen molar-refractivity contribution in [3.63, 3.8) is 0 Å². The van der Waals surface area contributed by atoms with Gasteiger partial charge in [-0.25, -0.2) is 0 Å². The lowest BCUT2D eigenvalue weighted by molar-refractivity contribution is -0.118. The zero-order valence-electron chi connectivity index (χ0n) is 11.7. The topological polar surface area (TPSA) is 64.3 Å². The van der Waals surface area contributed by atoms with Gasteiger partial charge in [0, 0.05) is 21.8 Å². The van der Waals surface area contributed by atoms with Gasteiger partial charge in [0.25, 0.3) is 5.91 Å². The predicted molar refractivity (Wildman–Crippen MR) is 87.3 cm³/mol. The SMILES string of the molecule is C[C@H](N)c1ccccc1OCC(=O)Nc1ccc(Br)cc1. The van der Waals surface area contributed by atoms with Gasteiger partial charge in [0.05, 0.1) is 0 Å². The van der Waals surface area contributed by atoms with Crippen molar-refractivity contribution < 1.29 is 9.53 Å². The second-order valence-electron chi connectivity index (χ2n) is 4.67. The number of carbonyl (C=O) groups excluding carboxylic acids is 1. The summed E-state index contributed by atoms with van der Waals surface area (Å²) in [7, 11) is 0. The summed E-state index contributed by atoms with van der Waals surface area (Å²) in [4.78, 5) is 11.9. The van der Waals surface area contributed by atoms with Crippen LogP contribution in [0.25, 0.3) is 0 Å². The summed E-state index contributed by atoms with van der Waals surface area (Å²) in [5.74, 6) is 0.426. The molecule has 0 unspecified atom stereocenters. The van der Waals surface area contributed by atoms with Gasteiger partial charge in [0.1, 0.15) is 5.75 Å². The number of anilines is 1. The zero-order chi connectivity index (χ0) is 15.2. The van der Waals surface area contributed by atoms with E-state index in [0.29, 0.717) is 5.75 Å². The van der Waals surface area contributed by atoms with Crippen LogP contribution in [0.15, 0.2) is 53.0 Å². The number of para-hydroxylation sites is 1. The minimum Gasteiger partial charge on any atom is -0.483 e. The highest BCUT2D eigenvalue weighted by molar-refractivity contribution is 9.10. The number of halogens is 1. The van der Waals surface area contributed by atoms with Crippen LogP contribution in [0.5, 0.6) is 5.75 Å². The summed E-state index contributed by atoms with van der Waals surface area (Å²) in [5.41, 5.74) is 7.49. The first-order valence-electron chi connectivity index (χ1n) is 6.59. The van der Waals surface area contributed by atoms with Gasteiger partial charge in [-0.05, 0) is 37.3 Å². The molecule has 2 aromatic rings. The van der Waals surface area contributed by atoms with Crippen LogP contribution in [0.4, 0.5) is 5.69 Å². The van der Waals surface area contributed by atoms with Gasteiger partial charge in [-0.15, -0.1) is 0 Å². The first-order chi connectivity index (χ1) is 10.1. The number of hydrogen-bond donors (Lipinski definition) is 2. The van der Waals surface area contributed by atoms with E-state index in [1.165, 1.54) is 0 Å². The molecule has 21 heavy (non-hydrogen) atoms. The van der Waals surface area contributed by atoms with E-state index in [2.05, 4.69) is 21.2 Å². The molecule has 2 aromatic carbocycles. The van der Waals surface area contributed by atoms with Crippen molar-refractivity contribution >= 4 is 27.5 Å². The average molecular weight is 349 g/mol. The molecule has 0 aliphatic heterocycles. The summed E-state index contributed by atoms with van der Waals surface area (Å²) in [6.07, 6.45) is 0. The highest BCUT2D eigenvalue weighted by atomic mass is 79.9. The van der Waals surface area contributed by atoms with Crippen LogP contribution in [-0.2, 0) is 4.79 Å². The Bertz CT molecular complexity index is 612. The fraction of sp³-hybridized carbons (Fsp3) is 0.188. The van der Waals surface area contributed by atoms with Crippen molar-refractivity contribution in [1.82, 2.24) is 0 Å². The van der Waals surface area contributed by atoms with Gasteiger partial charge in [-0.1, -0.05) is 34.1 Å². The van der Waals surface area contributed by atoms with E-state index in [9.17, 15) is 4.79 Å². The van der Waals surface area contributed by atoms with Crippen LogP contribution in [0.2, 0.25) is 0 Å². The standard InChI is InChI=1S/C16H17BrN2O2/c1-11(18)14-4-2-3-5-15(14)21-10-16(20)19-13-8-6-12(17)7-9-13/h2-9,11H,10,18H2,1H3,(H,19,20)/t11-/m0/s1. The highest BCUT2D eigenvalue weighted by Gasteiger charge is 2.09. The molecule has 0 aliphatic carbocycles. The molecule has 1 amide bonds. The van der Waals surface area contributed by atoms with Crippen LogP contribution >= 0.6 is 15.9 Å². The van der Waals surface area contributed by atoms with Gasteiger partial charge in [0.15, 0.2) is 6.61 Å². The maximum absolute atomic E-state index is 11.9. The van der Waals surface area contributed by atoms with E-state index in [-0.39, 0.29) is 18.6 Å². The van der Waals surface area contributed by atoms with Gasteiger partial charge in [0.2, 0.25) is 0 Å². The number of benzene rings is 2. The summed E-state index contributed by atoms with van der Waals surface area (Å²) in [6, 6.07) is 14.7. The largest absolute Gasteiger partial charge is 0.483 e. The molecule has 3 N–H and O–H groups in total. The number of nitrogens with one attached hydrogen (secondary N) is 1. The van der Waals surface area contributed by atoms with E-state index in [4.69, 9.17) is 10.5 Å². The lowest BCUT2D eigenvalue weighted by atomic mass is 10.1. The van der Waals surface area contributed by atoms with Crippen molar-refractivity contribution in [2.75, 3.05) is 11.9 Å². The molecule has 1 atom stereocenters. The van der Waals surface area contributed by atoms with Gasteiger partial charge < -0.3 is 15.8 Å². The van der Waals surface area contributed by atoms with Crippen molar-refractivity contribution in [3.05, 3.63) is 58.6 Å². The normalized spacial score (nSPS) is 11.8. The molecule has 4 nitrogen and oxygen atoms in total. The van der Waals surface area contributed by atoms with Crippen LogP contribution in [-0.4, -0.2) is 12.5 Å². The molecule has 110 valence electrons. The van der Waals surface area contributed by atoms with Gasteiger partial charge in [-0.2, -0.15) is 0 Å². The highest BCUT2D eigenvalue weighted by Crippen LogP contribution is 2.23. The van der Waals surface area contributed by atoms with Crippen molar-refractivity contribution in [1.29, 1.82) is 0 Å². The van der Waals surface area contributed by atoms with E-state index >= 15 is 0 Å². The molecule has 0 radical (unpaired) electrons. The molecular formula is C16H17BrN2O2. The quantitative estimate of drug-likeness (QED) is 0.869. The van der Waals surface area contributed by atoms with E-state index < -0.39 is 0 Å². The molecule has 0 fully saturated rings. The maximum Gasteiger partial charge on any atom is 0.262 e. The second kappa shape index (κ2) is 7.24. The fourth-order valence-corrected chi connectivity index (χ4v) is 2.13. The van der Waals surface area contributed by atoms with Crippen LogP contribution in [0, 0.1) is 0 Å². The van der Waals surface area contributed by atoms with E-state index in [1.807, 2.05) is 55.5 Å². The number of ether oxygens (including phenoxy) is 1. The number of carbonyl (C=O) groups is 1.